The molecule has 1 aliphatic heterocycles. The Morgan fingerprint density at radius 2 is 2.25 bits per heavy atom. The van der Waals surface area contributed by atoms with Gasteiger partial charge in [-0.2, -0.15) is 0 Å². The first-order valence-electron chi connectivity index (χ1n) is 7.61. The minimum Gasteiger partial charge on any atom is -0.496 e. The Morgan fingerprint density at radius 1 is 1.45 bits per heavy atom. The molecule has 0 radical (unpaired) electrons. The molecule has 2 rings (SSSR count). The van der Waals surface area contributed by atoms with Crippen molar-refractivity contribution in [2.45, 2.75) is 46.2 Å². The molecule has 0 aromatic carbocycles. The summed E-state index contributed by atoms with van der Waals surface area (Å²) in [7, 11) is 1.73. The normalized spacial score (nSPS) is 19.5. The maximum absolute atomic E-state index is 5.45. The molecule has 2 heterocycles. The largest absolute Gasteiger partial charge is 0.496 e. The van der Waals surface area contributed by atoms with Gasteiger partial charge in [-0.1, -0.05) is 6.92 Å². The predicted octanol–water partition coefficient (Wildman–Crippen LogP) is 2.28. The Bertz CT molecular complexity index is 448. The van der Waals surface area contributed by atoms with E-state index in [0.717, 1.165) is 42.2 Å². The molecule has 0 bridgehead atoms. The van der Waals surface area contributed by atoms with E-state index in [2.05, 4.69) is 29.0 Å². The van der Waals surface area contributed by atoms with Crippen LogP contribution >= 0.6 is 0 Å². The first-order valence-corrected chi connectivity index (χ1v) is 7.61. The topological polar surface area (TPSA) is 37.4 Å². The average molecular weight is 277 g/mol. The molecule has 1 aliphatic rings. The van der Waals surface area contributed by atoms with Crippen LogP contribution in [0.15, 0.2) is 6.20 Å². The van der Waals surface area contributed by atoms with Gasteiger partial charge in [0.25, 0.3) is 0 Å². The maximum Gasteiger partial charge on any atom is 0.128 e. The van der Waals surface area contributed by atoms with Crippen molar-refractivity contribution in [3.8, 4) is 5.75 Å². The third-order valence-corrected chi connectivity index (χ3v) is 4.33. The molecule has 1 fully saturated rings. The van der Waals surface area contributed by atoms with Gasteiger partial charge in [-0.05, 0) is 39.8 Å². The van der Waals surface area contributed by atoms with Crippen LogP contribution in [-0.4, -0.2) is 42.7 Å². The average Bonchev–Trinajstić information content (AvgIpc) is 2.89. The summed E-state index contributed by atoms with van der Waals surface area (Å²) in [5.41, 5.74) is 3.34. The molecule has 1 saturated heterocycles. The van der Waals surface area contributed by atoms with Gasteiger partial charge < -0.3 is 10.1 Å². The number of rotatable bonds is 6. The van der Waals surface area contributed by atoms with E-state index in [0.29, 0.717) is 6.04 Å². The highest BCUT2D eigenvalue weighted by Gasteiger charge is 2.22. The third-order valence-electron chi connectivity index (χ3n) is 4.33. The molecule has 1 atom stereocenters. The summed E-state index contributed by atoms with van der Waals surface area (Å²) in [6.07, 6.45) is 4.54. The number of pyridine rings is 1. The minimum absolute atomic E-state index is 0.688. The summed E-state index contributed by atoms with van der Waals surface area (Å²) in [5, 5.41) is 3.56. The summed E-state index contributed by atoms with van der Waals surface area (Å²) in [5.74, 6) is 0.966. The van der Waals surface area contributed by atoms with Crippen LogP contribution in [0.3, 0.4) is 0 Å². The van der Waals surface area contributed by atoms with Gasteiger partial charge in [-0.15, -0.1) is 0 Å². The maximum atomic E-state index is 5.45. The number of ether oxygens (including phenoxy) is 1. The van der Waals surface area contributed by atoms with Crippen molar-refractivity contribution in [2.75, 3.05) is 26.7 Å². The summed E-state index contributed by atoms with van der Waals surface area (Å²) in [4.78, 5) is 7.09. The van der Waals surface area contributed by atoms with Gasteiger partial charge in [0.2, 0.25) is 0 Å². The number of hydrogen-bond acceptors (Lipinski definition) is 4. The van der Waals surface area contributed by atoms with E-state index >= 15 is 0 Å². The predicted molar refractivity (Wildman–Crippen MR) is 82.2 cm³/mol. The second-order valence-corrected chi connectivity index (χ2v) is 5.60. The van der Waals surface area contributed by atoms with Crippen LogP contribution < -0.4 is 10.1 Å². The molecular formula is C16H27N3O. The van der Waals surface area contributed by atoms with Gasteiger partial charge in [0.05, 0.1) is 12.8 Å². The van der Waals surface area contributed by atoms with E-state index in [9.17, 15) is 0 Å². The highest BCUT2D eigenvalue weighted by atomic mass is 16.5. The minimum atomic E-state index is 0.688. The molecular weight excluding hydrogens is 250 g/mol. The van der Waals surface area contributed by atoms with Crippen molar-refractivity contribution in [1.82, 2.24) is 15.2 Å². The second kappa shape index (κ2) is 7.04. The number of likely N-dealkylation sites (N-methyl/N-ethyl adjacent to an activating group) is 1. The van der Waals surface area contributed by atoms with Crippen LogP contribution in [0.5, 0.6) is 5.75 Å². The zero-order valence-electron chi connectivity index (χ0n) is 13.2. The molecule has 20 heavy (non-hydrogen) atoms. The fraction of sp³-hybridized carbons (Fsp3) is 0.688. The zero-order valence-corrected chi connectivity index (χ0v) is 13.2. The summed E-state index contributed by atoms with van der Waals surface area (Å²) < 4.78 is 5.45. The van der Waals surface area contributed by atoms with Crippen LogP contribution in [0, 0.1) is 13.8 Å². The fourth-order valence-corrected chi connectivity index (χ4v) is 3.15. The molecule has 4 heteroatoms. The van der Waals surface area contributed by atoms with Crippen molar-refractivity contribution in [1.29, 1.82) is 0 Å². The van der Waals surface area contributed by atoms with Crippen molar-refractivity contribution in [3.63, 3.8) is 0 Å². The number of nitrogens with zero attached hydrogens (tertiary/aromatic N) is 2. The van der Waals surface area contributed by atoms with Gasteiger partial charge in [-0.3, -0.25) is 9.88 Å². The first kappa shape index (κ1) is 15.3. The molecule has 0 saturated carbocycles. The van der Waals surface area contributed by atoms with Gasteiger partial charge in [-0.25, -0.2) is 0 Å². The lowest BCUT2D eigenvalue weighted by atomic mass is 10.1. The number of aromatic nitrogens is 1. The summed E-state index contributed by atoms with van der Waals surface area (Å²) >= 11 is 0. The molecule has 0 spiro atoms. The molecule has 1 aromatic rings. The standard InChI is InChI=1S/C16H27N3O/c1-5-19-8-6-7-14(19)10-17-11-15-13(3)16(20-4)12(2)9-18-15/h9,14,17H,5-8,10-11H2,1-4H3. The zero-order chi connectivity index (χ0) is 14.5. The molecule has 0 amide bonds. The van der Waals surface area contributed by atoms with Crippen molar-refractivity contribution < 1.29 is 4.74 Å². The van der Waals surface area contributed by atoms with Gasteiger partial charge in [0.1, 0.15) is 5.75 Å². The summed E-state index contributed by atoms with van der Waals surface area (Å²) in [6, 6.07) is 0.688. The molecule has 1 unspecified atom stereocenters. The third kappa shape index (κ3) is 3.30. The van der Waals surface area contributed by atoms with Crippen LogP contribution in [0.25, 0.3) is 0 Å². The van der Waals surface area contributed by atoms with E-state index in [1.54, 1.807) is 7.11 Å². The summed E-state index contributed by atoms with van der Waals surface area (Å²) in [6.45, 7) is 10.6. The van der Waals surface area contributed by atoms with Gasteiger partial charge in [0.15, 0.2) is 0 Å². The van der Waals surface area contributed by atoms with Crippen LogP contribution in [0.2, 0.25) is 0 Å². The highest BCUT2D eigenvalue weighted by Crippen LogP contribution is 2.24. The molecule has 1 aromatic heterocycles. The molecule has 112 valence electrons. The SMILES string of the molecule is CCN1CCCC1CNCc1ncc(C)c(OC)c1C. The van der Waals surface area contributed by atoms with E-state index in [1.165, 1.54) is 19.4 Å². The molecule has 0 aliphatic carbocycles. The van der Waals surface area contributed by atoms with Crippen molar-refractivity contribution in [3.05, 3.63) is 23.0 Å². The smallest absolute Gasteiger partial charge is 0.128 e. The van der Waals surface area contributed by atoms with Crippen LogP contribution in [0.4, 0.5) is 0 Å². The Labute approximate surface area is 122 Å². The van der Waals surface area contributed by atoms with Crippen molar-refractivity contribution >= 4 is 0 Å². The van der Waals surface area contributed by atoms with E-state index in [-0.39, 0.29) is 0 Å². The number of nitrogens with one attached hydrogen (secondary N) is 1. The Balaban J connectivity index is 1.91. The van der Waals surface area contributed by atoms with Gasteiger partial charge >= 0.3 is 0 Å². The lowest BCUT2D eigenvalue weighted by Gasteiger charge is -2.23. The lowest BCUT2D eigenvalue weighted by molar-refractivity contribution is 0.259. The first-order chi connectivity index (χ1) is 9.67. The number of likely N-dealkylation sites (tertiary alicyclic amines) is 1. The monoisotopic (exact) mass is 277 g/mol. The Hall–Kier alpha value is -1.13. The van der Waals surface area contributed by atoms with Gasteiger partial charge in [0, 0.05) is 36.5 Å². The number of hydrogen-bond donors (Lipinski definition) is 1. The highest BCUT2D eigenvalue weighted by molar-refractivity contribution is 5.40. The van der Waals surface area contributed by atoms with Crippen molar-refractivity contribution in [2.24, 2.45) is 0 Å². The van der Waals surface area contributed by atoms with Crippen LogP contribution in [0.1, 0.15) is 36.6 Å². The quantitative estimate of drug-likeness (QED) is 0.865. The van der Waals surface area contributed by atoms with E-state index in [4.69, 9.17) is 4.74 Å². The Morgan fingerprint density at radius 3 is 2.95 bits per heavy atom. The number of methoxy groups -OCH3 is 1. The number of aryl methyl sites for hydroxylation is 1. The lowest BCUT2D eigenvalue weighted by Crippen LogP contribution is -2.37. The molecule has 1 N–H and O–H groups in total. The van der Waals surface area contributed by atoms with E-state index < -0.39 is 0 Å². The fourth-order valence-electron chi connectivity index (χ4n) is 3.15. The molecule has 4 nitrogen and oxygen atoms in total. The Kier molecular flexibility index (Phi) is 5.38. The second-order valence-electron chi connectivity index (χ2n) is 5.60. The van der Waals surface area contributed by atoms with Crippen LogP contribution in [-0.2, 0) is 6.54 Å². The van der Waals surface area contributed by atoms with E-state index in [1.807, 2.05) is 13.1 Å².